The maximum atomic E-state index is 14.1. The summed E-state index contributed by atoms with van der Waals surface area (Å²) in [4.78, 5) is 41.2. The molecule has 2 aromatic rings. The number of carbonyl (C=O) groups is 3. The lowest BCUT2D eigenvalue weighted by molar-refractivity contribution is -0.152. The number of allylic oxidation sites excluding steroid dienone is 1. The first kappa shape index (κ1) is 30.9. The predicted molar refractivity (Wildman–Crippen MR) is 157 cm³/mol. The van der Waals surface area contributed by atoms with E-state index in [1.54, 1.807) is 13.2 Å². The summed E-state index contributed by atoms with van der Waals surface area (Å²) in [7, 11) is 2.88. The van der Waals surface area contributed by atoms with Gasteiger partial charge in [0, 0.05) is 13.5 Å². The summed E-state index contributed by atoms with van der Waals surface area (Å²) in [5.41, 5.74) is 0.203. The Balaban J connectivity index is 1.92. The molecule has 0 spiro atoms. The van der Waals surface area contributed by atoms with Crippen molar-refractivity contribution in [2.75, 3.05) is 27.4 Å². The van der Waals surface area contributed by atoms with Gasteiger partial charge in [-0.3, -0.25) is 4.79 Å². The molecule has 8 heteroatoms. The molecule has 1 aliphatic heterocycles. The first-order valence-electron chi connectivity index (χ1n) is 13.6. The lowest BCUT2D eigenvalue weighted by Crippen LogP contribution is -2.57. The van der Waals surface area contributed by atoms with Gasteiger partial charge in [-0.2, -0.15) is 0 Å². The molecule has 1 saturated heterocycles. The summed E-state index contributed by atoms with van der Waals surface area (Å²) < 4.78 is 16.5. The van der Waals surface area contributed by atoms with Gasteiger partial charge in [-0.05, 0) is 58.7 Å². The van der Waals surface area contributed by atoms with Crippen molar-refractivity contribution in [2.45, 2.75) is 64.1 Å². The number of carbonyl (C=O) groups excluding carboxylic acids is 3. The Kier molecular flexibility index (Phi) is 10.1. The van der Waals surface area contributed by atoms with E-state index in [0.717, 1.165) is 34.7 Å². The summed E-state index contributed by atoms with van der Waals surface area (Å²) in [5, 5.41) is 4.80. The molecule has 0 aromatic heterocycles. The minimum atomic E-state index is -0.957. The van der Waals surface area contributed by atoms with Gasteiger partial charge in [-0.25, -0.2) is 9.59 Å². The van der Waals surface area contributed by atoms with Gasteiger partial charge in [-0.15, -0.1) is 6.58 Å². The van der Waals surface area contributed by atoms with Gasteiger partial charge < -0.3 is 24.4 Å². The van der Waals surface area contributed by atoms with Gasteiger partial charge in [0.15, 0.2) is 0 Å². The van der Waals surface area contributed by atoms with Gasteiger partial charge in [0.05, 0.1) is 20.3 Å². The molecule has 1 fully saturated rings. The van der Waals surface area contributed by atoms with Crippen molar-refractivity contribution < 1.29 is 28.6 Å². The van der Waals surface area contributed by atoms with Crippen molar-refractivity contribution >= 4 is 34.8 Å². The fourth-order valence-electron chi connectivity index (χ4n) is 5.13. The Morgan fingerprint density at radius 2 is 1.82 bits per heavy atom. The van der Waals surface area contributed by atoms with Crippen molar-refractivity contribution in [3.63, 3.8) is 0 Å². The van der Waals surface area contributed by atoms with Crippen LogP contribution in [0.5, 0.6) is 0 Å². The molecule has 1 aliphatic rings. The highest BCUT2D eigenvalue weighted by Crippen LogP contribution is 2.41. The summed E-state index contributed by atoms with van der Waals surface area (Å²) in [6.45, 7) is 13.5. The SMILES string of the molecule is C=CCCCCOC(=O)N[C@H](C(=O)N1CC(OC)(c2ccc3ccc(C=C)cc3c2)CC1C(=O)OC)C(C)(C)C. The van der Waals surface area contributed by atoms with Crippen LogP contribution in [0.4, 0.5) is 4.79 Å². The highest BCUT2D eigenvalue weighted by Gasteiger charge is 2.53. The van der Waals surface area contributed by atoms with E-state index in [9.17, 15) is 14.4 Å². The zero-order valence-corrected chi connectivity index (χ0v) is 24.3. The number of fused-ring (bicyclic) bond motifs is 1. The van der Waals surface area contributed by atoms with E-state index in [1.165, 1.54) is 12.0 Å². The second kappa shape index (κ2) is 13.1. The smallest absolute Gasteiger partial charge is 0.407 e. The van der Waals surface area contributed by atoms with E-state index >= 15 is 0 Å². The minimum absolute atomic E-state index is 0.111. The minimum Gasteiger partial charge on any atom is -0.467 e. The number of amides is 2. The number of benzene rings is 2. The third kappa shape index (κ3) is 6.91. The van der Waals surface area contributed by atoms with Crippen LogP contribution in [-0.2, 0) is 29.4 Å². The number of rotatable bonds is 11. The van der Waals surface area contributed by atoms with Crippen LogP contribution >= 0.6 is 0 Å². The molecule has 0 saturated carbocycles. The van der Waals surface area contributed by atoms with Gasteiger partial charge in [-0.1, -0.05) is 63.8 Å². The summed E-state index contributed by atoms with van der Waals surface area (Å²) in [6.07, 6.45) is 5.53. The van der Waals surface area contributed by atoms with Crippen molar-refractivity contribution in [3.05, 3.63) is 66.8 Å². The van der Waals surface area contributed by atoms with E-state index in [1.807, 2.05) is 63.2 Å². The van der Waals surface area contributed by atoms with Crippen molar-refractivity contribution in [1.82, 2.24) is 10.2 Å². The molecule has 1 N–H and O–H groups in total. The second-order valence-corrected chi connectivity index (χ2v) is 11.3. The summed E-state index contributed by atoms with van der Waals surface area (Å²) in [5.74, 6) is -0.945. The number of nitrogens with one attached hydrogen (secondary N) is 1. The lowest BCUT2D eigenvalue weighted by atomic mass is 9.85. The molecule has 8 nitrogen and oxygen atoms in total. The average Bonchev–Trinajstić information content (AvgIpc) is 3.35. The van der Waals surface area contributed by atoms with Crippen LogP contribution in [0.15, 0.2) is 55.6 Å². The predicted octanol–water partition coefficient (Wildman–Crippen LogP) is 5.60. The Morgan fingerprint density at radius 1 is 1.10 bits per heavy atom. The van der Waals surface area contributed by atoms with E-state index in [-0.39, 0.29) is 19.6 Å². The Hall–Kier alpha value is -3.65. The fraction of sp³-hybridized carbons (Fsp3) is 0.469. The Bertz CT molecular complexity index is 1250. The molecular weight excluding hydrogens is 508 g/mol. The van der Waals surface area contributed by atoms with E-state index in [0.29, 0.717) is 6.42 Å². The van der Waals surface area contributed by atoms with Gasteiger partial charge >= 0.3 is 12.1 Å². The first-order chi connectivity index (χ1) is 19.0. The lowest BCUT2D eigenvalue weighted by Gasteiger charge is -2.35. The maximum absolute atomic E-state index is 14.1. The highest BCUT2D eigenvalue weighted by molar-refractivity contribution is 5.91. The fourth-order valence-corrected chi connectivity index (χ4v) is 5.13. The monoisotopic (exact) mass is 550 g/mol. The average molecular weight is 551 g/mol. The van der Waals surface area contributed by atoms with Crippen LogP contribution < -0.4 is 5.32 Å². The third-order valence-corrected chi connectivity index (χ3v) is 7.51. The number of unbranched alkanes of at least 4 members (excludes halogenated alkanes) is 2. The summed E-state index contributed by atoms with van der Waals surface area (Å²) in [6, 6.07) is 10.2. The van der Waals surface area contributed by atoms with Crippen LogP contribution in [0.2, 0.25) is 0 Å². The molecule has 1 heterocycles. The molecule has 3 rings (SSSR count). The molecule has 2 amide bonds. The number of ether oxygens (including phenoxy) is 3. The number of methoxy groups -OCH3 is 2. The second-order valence-electron chi connectivity index (χ2n) is 11.3. The number of alkyl carbamates (subject to hydrolysis) is 1. The van der Waals surface area contributed by atoms with Crippen LogP contribution in [0.3, 0.4) is 0 Å². The number of nitrogens with zero attached hydrogens (tertiary/aromatic N) is 1. The zero-order valence-electron chi connectivity index (χ0n) is 24.3. The highest BCUT2D eigenvalue weighted by atomic mass is 16.5. The standard InChI is InChI=1S/C32H42N2O6/c1-8-10-11-12-17-40-30(37)33-27(31(3,4)5)28(35)34-21-32(39-7,20-26(34)29(36)38-6)25-16-15-23-14-13-22(9-2)18-24(23)19-25/h8-9,13-16,18-19,26-27H,1-2,10-12,17,20-21H2,3-7H3,(H,33,37)/t26?,27-,32?/m1/s1. The molecule has 3 atom stereocenters. The molecule has 0 aliphatic carbocycles. The molecular formula is C32H42N2O6. The Morgan fingerprint density at radius 3 is 2.45 bits per heavy atom. The quantitative estimate of drug-likeness (QED) is 0.223. The number of esters is 1. The van der Waals surface area contributed by atoms with E-state index in [2.05, 4.69) is 18.5 Å². The normalized spacial score (nSPS) is 19.6. The van der Waals surface area contributed by atoms with Crippen LogP contribution in [-0.4, -0.2) is 62.3 Å². The largest absolute Gasteiger partial charge is 0.467 e. The van der Waals surface area contributed by atoms with Gasteiger partial charge in [0.2, 0.25) is 5.91 Å². The van der Waals surface area contributed by atoms with E-state index in [4.69, 9.17) is 14.2 Å². The number of likely N-dealkylation sites (tertiary alicyclic amines) is 1. The van der Waals surface area contributed by atoms with Crippen LogP contribution in [0.25, 0.3) is 16.8 Å². The van der Waals surface area contributed by atoms with Crippen molar-refractivity contribution in [2.24, 2.45) is 5.41 Å². The van der Waals surface area contributed by atoms with Crippen LogP contribution in [0, 0.1) is 5.41 Å². The molecule has 40 heavy (non-hydrogen) atoms. The van der Waals surface area contributed by atoms with E-state index < -0.39 is 41.1 Å². The van der Waals surface area contributed by atoms with Gasteiger partial charge in [0.1, 0.15) is 17.7 Å². The first-order valence-corrected chi connectivity index (χ1v) is 13.6. The zero-order chi connectivity index (χ0) is 29.5. The molecule has 216 valence electrons. The topological polar surface area (TPSA) is 94.2 Å². The number of hydrogen-bond acceptors (Lipinski definition) is 6. The van der Waals surface area contributed by atoms with Gasteiger partial charge in [0.25, 0.3) is 0 Å². The van der Waals surface area contributed by atoms with Crippen LogP contribution in [0.1, 0.15) is 57.6 Å². The molecule has 2 unspecified atom stereocenters. The molecule has 0 bridgehead atoms. The number of hydrogen-bond donors (Lipinski definition) is 1. The van der Waals surface area contributed by atoms with Crippen molar-refractivity contribution in [3.8, 4) is 0 Å². The third-order valence-electron chi connectivity index (χ3n) is 7.51. The summed E-state index contributed by atoms with van der Waals surface area (Å²) >= 11 is 0. The Labute approximate surface area is 237 Å². The van der Waals surface area contributed by atoms with Crippen molar-refractivity contribution in [1.29, 1.82) is 0 Å². The molecule has 2 aromatic carbocycles. The maximum Gasteiger partial charge on any atom is 0.407 e. The molecule has 0 radical (unpaired) electrons.